The Morgan fingerprint density at radius 1 is 1.03 bits per heavy atom. The number of halogens is 1. The summed E-state index contributed by atoms with van der Waals surface area (Å²) in [7, 11) is 2.11. The van der Waals surface area contributed by atoms with E-state index in [0.29, 0.717) is 17.3 Å². The van der Waals surface area contributed by atoms with Gasteiger partial charge >= 0.3 is 11.8 Å². The molecule has 2 aromatic rings. The number of nitrogens with zero attached hydrogens (tertiary/aromatic N) is 2. The van der Waals surface area contributed by atoms with Crippen molar-refractivity contribution in [2.45, 2.75) is 13.0 Å². The number of nitrogens with one attached hydrogen (secondary N) is 2. The van der Waals surface area contributed by atoms with Gasteiger partial charge in [-0.2, -0.15) is 0 Å². The zero-order valence-corrected chi connectivity index (χ0v) is 17.6. The van der Waals surface area contributed by atoms with E-state index in [2.05, 4.69) is 58.7 Å². The molecule has 1 heterocycles. The lowest BCUT2D eigenvalue weighted by Crippen LogP contribution is -2.49. The molecule has 0 saturated carbocycles. The number of piperazine rings is 1. The molecule has 1 fully saturated rings. The smallest absolute Gasteiger partial charge is 0.313 e. The first-order valence-electron chi connectivity index (χ1n) is 9.76. The predicted molar refractivity (Wildman–Crippen MR) is 116 cm³/mol. The second-order valence-corrected chi connectivity index (χ2v) is 7.88. The SMILES string of the molecule is Cc1ccc(C(CNC(=O)C(=O)Nc2cccc(Cl)c2)N2CCN(C)CC2)cc1. The minimum Gasteiger partial charge on any atom is -0.346 e. The summed E-state index contributed by atoms with van der Waals surface area (Å²) in [5, 5.41) is 5.88. The zero-order valence-electron chi connectivity index (χ0n) is 16.8. The molecule has 1 unspecified atom stereocenters. The van der Waals surface area contributed by atoms with Gasteiger partial charge in [0.2, 0.25) is 0 Å². The number of carbonyl (C=O) groups is 2. The van der Waals surface area contributed by atoms with Crippen LogP contribution < -0.4 is 10.6 Å². The maximum atomic E-state index is 12.4. The third-order valence-electron chi connectivity index (χ3n) is 5.19. The molecule has 1 atom stereocenters. The Balaban J connectivity index is 1.64. The van der Waals surface area contributed by atoms with Crippen molar-refractivity contribution in [1.29, 1.82) is 0 Å². The monoisotopic (exact) mass is 414 g/mol. The normalized spacial score (nSPS) is 16.2. The summed E-state index contributed by atoms with van der Waals surface area (Å²) in [6.45, 7) is 6.21. The molecule has 29 heavy (non-hydrogen) atoms. The molecule has 2 N–H and O–H groups in total. The second-order valence-electron chi connectivity index (χ2n) is 7.44. The molecule has 0 spiro atoms. The largest absolute Gasteiger partial charge is 0.346 e. The van der Waals surface area contributed by atoms with Crippen LogP contribution in [0.2, 0.25) is 5.02 Å². The highest BCUT2D eigenvalue weighted by molar-refractivity contribution is 6.39. The summed E-state index contributed by atoms with van der Waals surface area (Å²) < 4.78 is 0. The maximum absolute atomic E-state index is 12.4. The maximum Gasteiger partial charge on any atom is 0.313 e. The van der Waals surface area contributed by atoms with Gasteiger partial charge in [0.25, 0.3) is 0 Å². The van der Waals surface area contributed by atoms with Crippen LogP contribution in [0.3, 0.4) is 0 Å². The third-order valence-corrected chi connectivity index (χ3v) is 5.42. The van der Waals surface area contributed by atoms with Gasteiger partial charge in [0.1, 0.15) is 0 Å². The van der Waals surface area contributed by atoms with Gasteiger partial charge in [0.05, 0.1) is 6.04 Å². The molecule has 0 aliphatic carbocycles. The quantitative estimate of drug-likeness (QED) is 0.738. The molecule has 2 aromatic carbocycles. The van der Waals surface area contributed by atoms with Crippen LogP contribution in [0.25, 0.3) is 0 Å². The van der Waals surface area contributed by atoms with Crippen LogP contribution in [-0.2, 0) is 9.59 Å². The zero-order chi connectivity index (χ0) is 20.8. The first-order chi connectivity index (χ1) is 13.9. The lowest BCUT2D eigenvalue weighted by Gasteiger charge is -2.38. The van der Waals surface area contributed by atoms with Gasteiger partial charge in [-0.15, -0.1) is 0 Å². The first kappa shape index (κ1) is 21.3. The fraction of sp³-hybridized carbons (Fsp3) is 0.364. The minimum atomic E-state index is -0.701. The number of hydrogen-bond donors (Lipinski definition) is 2. The fourth-order valence-corrected chi connectivity index (χ4v) is 3.59. The molecule has 154 valence electrons. The van der Waals surface area contributed by atoms with Gasteiger partial charge in [-0.1, -0.05) is 47.5 Å². The van der Waals surface area contributed by atoms with Crippen molar-refractivity contribution in [3.63, 3.8) is 0 Å². The number of rotatable bonds is 5. The number of carbonyl (C=O) groups excluding carboxylic acids is 2. The summed E-state index contributed by atoms with van der Waals surface area (Å²) in [4.78, 5) is 29.3. The van der Waals surface area contributed by atoms with Crippen molar-refractivity contribution in [2.75, 3.05) is 45.1 Å². The van der Waals surface area contributed by atoms with Gasteiger partial charge < -0.3 is 15.5 Å². The number of benzene rings is 2. The van der Waals surface area contributed by atoms with Crippen LogP contribution in [0.15, 0.2) is 48.5 Å². The Morgan fingerprint density at radius 3 is 2.38 bits per heavy atom. The van der Waals surface area contributed by atoms with Crippen LogP contribution >= 0.6 is 11.6 Å². The summed E-state index contributed by atoms with van der Waals surface area (Å²) >= 11 is 5.92. The van der Waals surface area contributed by atoms with Crippen molar-refractivity contribution >= 4 is 29.1 Å². The Hall–Kier alpha value is -2.41. The lowest BCUT2D eigenvalue weighted by atomic mass is 10.0. The van der Waals surface area contributed by atoms with E-state index in [1.54, 1.807) is 24.3 Å². The number of aryl methyl sites for hydroxylation is 1. The van der Waals surface area contributed by atoms with E-state index < -0.39 is 11.8 Å². The van der Waals surface area contributed by atoms with Crippen molar-refractivity contribution in [1.82, 2.24) is 15.1 Å². The van der Waals surface area contributed by atoms with Crippen molar-refractivity contribution in [3.8, 4) is 0 Å². The Morgan fingerprint density at radius 2 is 1.72 bits per heavy atom. The molecule has 0 radical (unpaired) electrons. The first-order valence-corrected chi connectivity index (χ1v) is 10.1. The van der Waals surface area contributed by atoms with Gasteiger partial charge in [-0.05, 0) is 37.7 Å². The van der Waals surface area contributed by atoms with E-state index in [0.717, 1.165) is 31.7 Å². The number of hydrogen-bond acceptors (Lipinski definition) is 4. The molecule has 6 nitrogen and oxygen atoms in total. The van der Waals surface area contributed by atoms with Crippen LogP contribution in [0.5, 0.6) is 0 Å². The second kappa shape index (κ2) is 9.87. The topological polar surface area (TPSA) is 64.7 Å². The predicted octanol–water partition coefficient (Wildman–Crippen LogP) is 2.69. The molecule has 2 amide bonds. The summed E-state index contributed by atoms with van der Waals surface area (Å²) in [6, 6.07) is 15.1. The molecule has 1 aliphatic heterocycles. The minimum absolute atomic E-state index is 0.0206. The van der Waals surface area contributed by atoms with E-state index in [-0.39, 0.29) is 6.04 Å². The highest BCUT2D eigenvalue weighted by Crippen LogP contribution is 2.22. The van der Waals surface area contributed by atoms with Gasteiger partial charge in [-0.25, -0.2) is 0 Å². The van der Waals surface area contributed by atoms with Crippen LogP contribution in [-0.4, -0.2) is 61.4 Å². The van der Waals surface area contributed by atoms with Gasteiger partial charge in [0.15, 0.2) is 0 Å². The van der Waals surface area contributed by atoms with E-state index in [9.17, 15) is 9.59 Å². The highest BCUT2D eigenvalue weighted by Gasteiger charge is 2.25. The van der Waals surface area contributed by atoms with Gasteiger partial charge in [0, 0.05) is 43.4 Å². The van der Waals surface area contributed by atoms with Crippen molar-refractivity contribution < 1.29 is 9.59 Å². The molecule has 7 heteroatoms. The summed E-state index contributed by atoms with van der Waals surface area (Å²) in [5.74, 6) is -1.36. The standard InChI is InChI=1S/C22H27ClN4O2/c1-16-6-8-17(9-7-16)20(27-12-10-26(2)11-13-27)15-24-21(28)22(29)25-19-5-3-4-18(23)14-19/h3-9,14,20H,10-13,15H2,1-2H3,(H,24,28)(H,25,29). The molecular weight excluding hydrogens is 388 g/mol. The van der Waals surface area contributed by atoms with E-state index >= 15 is 0 Å². The summed E-state index contributed by atoms with van der Waals surface area (Å²) in [5.41, 5.74) is 2.82. The van der Waals surface area contributed by atoms with Crippen LogP contribution in [0, 0.1) is 6.92 Å². The lowest BCUT2D eigenvalue weighted by molar-refractivity contribution is -0.136. The Kier molecular flexibility index (Phi) is 7.25. The molecule has 1 saturated heterocycles. The number of amides is 2. The van der Waals surface area contributed by atoms with E-state index in [1.165, 1.54) is 5.56 Å². The Bertz CT molecular complexity index is 848. The number of anilines is 1. The van der Waals surface area contributed by atoms with Crippen LogP contribution in [0.1, 0.15) is 17.2 Å². The van der Waals surface area contributed by atoms with Crippen molar-refractivity contribution in [3.05, 3.63) is 64.7 Å². The summed E-state index contributed by atoms with van der Waals surface area (Å²) in [6.07, 6.45) is 0. The van der Waals surface area contributed by atoms with Crippen molar-refractivity contribution in [2.24, 2.45) is 0 Å². The molecular formula is C22H27ClN4O2. The molecule has 1 aliphatic rings. The van der Waals surface area contributed by atoms with E-state index in [1.807, 2.05) is 0 Å². The number of likely N-dealkylation sites (N-methyl/N-ethyl adjacent to an activating group) is 1. The Labute approximate surface area is 176 Å². The van der Waals surface area contributed by atoms with Gasteiger partial charge in [-0.3, -0.25) is 14.5 Å². The fourth-order valence-electron chi connectivity index (χ4n) is 3.40. The third kappa shape index (κ3) is 6.03. The molecule has 0 aromatic heterocycles. The average molecular weight is 415 g/mol. The highest BCUT2D eigenvalue weighted by atomic mass is 35.5. The molecule has 0 bridgehead atoms. The molecule has 3 rings (SSSR count). The van der Waals surface area contributed by atoms with E-state index in [4.69, 9.17) is 11.6 Å². The van der Waals surface area contributed by atoms with Crippen LogP contribution in [0.4, 0.5) is 5.69 Å². The average Bonchev–Trinajstić information content (AvgIpc) is 2.70.